The predicted octanol–water partition coefficient (Wildman–Crippen LogP) is 1.86. The van der Waals surface area contributed by atoms with Crippen LogP contribution in [0, 0.1) is 5.92 Å². The maximum absolute atomic E-state index is 3.71. The second-order valence-electron chi connectivity index (χ2n) is 5.47. The molecule has 1 aliphatic carbocycles. The van der Waals surface area contributed by atoms with Gasteiger partial charge in [-0.1, -0.05) is 0 Å². The van der Waals surface area contributed by atoms with Crippen LogP contribution in [0.15, 0.2) is 0 Å². The van der Waals surface area contributed by atoms with E-state index in [0.717, 1.165) is 5.92 Å². The van der Waals surface area contributed by atoms with Gasteiger partial charge in [0.1, 0.15) is 0 Å². The van der Waals surface area contributed by atoms with Gasteiger partial charge in [-0.2, -0.15) is 0 Å². The molecule has 0 bridgehead atoms. The Labute approximate surface area is 88.1 Å². The Morgan fingerprint density at radius 2 is 1.86 bits per heavy atom. The SMILES string of the molecule is CC(C)(NCCN1CCCC1)C1CC1. The highest BCUT2D eigenvalue weighted by atomic mass is 15.2. The Bertz CT molecular complexity index is 179. The van der Waals surface area contributed by atoms with Crippen molar-refractivity contribution < 1.29 is 0 Å². The number of hydrogen-bond acceptors (Lipinski definition) is 2. The minimum Gasteiger partial charge on any atom is -0.310 e. The zero-order valence-corrected chi connectivity index (χ0v) is 9.68. The third-order valence-electron chi connectivity index (χ3n) is 3.81. The van der Waals surface area contributed by atoms with Crippen molar-refractivity contribution in [3.63, 3.8) is 0 Å². The van der Waals surface area contributed by atoms with E-state index in [2.05, 4.69) is 24.1 Å². The largest absolute Gasteiger partial charge is 0.310 e. The van der Waals surface area contributed by atoms with Crippen molar-refractivity contribution in [2.45, 2.75) is 45.1 Å². The van der Waals surface area contributed by atoms with Gasteiger partial charge in [0.15, 0.2) is 0 Å². The predicted molar refractivity (Wildman–Crippen MR) is 60.5 cm³/mol. The summed E-state index contributed by atoms with van der Waals surface area (Å²) < 4.78 is 0. The molecule has 0 radical (unpaired) electrons. The van der Waals surface area contributed by atoms with E-state index < -0.39 is 0 Å². The van der Waals surface area contributed by atoms with Crippen molar-refractivity contribution in [1.82, 2.24) is 10.2 Å². The number of rotatable bonds is 5. The van der Waals surface area contributed by atoms with E-state index in [1.165, 1.54) is 51.9 Å². The van der Waals surface area contributed by atoms with Gasteiger partial charge in [0.2, 0.25) is 0 Å². The average molecular weight is 196 g/mol. The first-order chi connectivity index (χ1) is 6.68. The van der Waals surface area contributed by atoms with Gasteiger partial charge < -0.3 is 10.2 Å². The van der Waals surface area contributed by atoms with Gasteiger partial charge in [-0.05, 0) is 58.5 Å². The third-order valence-corrected chi connectivity index (χ3v) is 3.81. The first-order valence-electron chi connectivity index (χ1n) is 6.16. The molecule has 0 atom stereocenters. The molecular weight excluding hydrogens is 172 g/mol. The van der Waals surface area contributed by atoms with Crippen molar-refractivity contribution in [3.8, 4) is 0 Å². The molecule has 2 heteroatoms. The molecule has 2 fully saturated rings. The fraction of sp³-hybridized carbons (Fsp3) is 1.00. The molecule has 1 heterocycles. The Balaban J connectivity index is 1.61. The number of nitrogens with one attached hydrogen (secondary N) is 1. The maximum atomic E-state index is 3.71. The minimum absolute atomic E-state index is 0.389. The lowest BCUT2D eigenvalue weighted by Gasteiger charge is -2.27. The van der Waals surface area contributed by atoms with Crippen LogP contribution in [0.1, 0.15) is 39.5 Å². The van der Waals surface area contributed by atoms with Crippen molar-refractivity contribution >= 4 is 0 Å². The molecule has 0 unspecified atom stereocenters. The van der Waals surface area contributed by atoms with Crippen LogP contribution in [-0.4, -0.2) is 36.6 Å². The molecule has 1 saturated carbocycles. The second kappa shape index (κ2) is 4.19. The lowest BCUT2D eigenvalue weighted by atomic mass is 9.99. The summed E-state index contributed by atoms with van der Waals surface area (Å²) in [6.07, 6.45) is 5.69. The van der Waals surface area contributed by atoms with Crippen LogP contribution >= 0.6 is 0 Å². The molecule has 0 aromatic carbocycles. The standard InChI is InChI=1S/C12H24N2/c1-12(2,11-5-6-11)13-7-10-14-8-3-4-9-14/h11,13H,3-10H2,1-2H3. The fourth-order valence-electron chi connectivity index (χ4n) is 2.49. The molecule has 1 saturated heterocycles. The Morgan fingerprint density at radius 3 is 2.43 bits per heavy atom. The van der Waals surface area contributed by atoms with Gasteiger partial charge in [0, 0.05) is 18.6 Å². The van der Waals surface area contributed by atoms with E-state index in [4.69, 9.17) is 0 Å². The smallest absolute Gasteiger partial charge is 0.0153 e. The van der Waals surface area contributed by atoms with E-state index in [-0.39, 0.29) is 0 Å². The summed E-state index contributed by atoms with van der Waals surface area (Å²) in [6.45, 7) is 9.78. The van der Waals surface area contributed by atoms with E-state index in [1.807, 2.05) is 0 Å². The van der Waals surface area contributed by atoms with Gasteiger partial charge in [0.25, 0.3) is 0 Å². The molecule has 14 heavy (non-hydrogen) atoms. The molecule has 0 amide bonds. The molecule has 0 spiro atoms. The molecule has 2 rings (SSSR count). The normalized spacial score (nSPS) is 24.4. The number of likely N-dealkylation sites (tertiary alicyclic amines) is 1. The number of hydrogen-bond donors (Lipinski definition) is 1. The van der Waals surface area contributed by atoms with Crippen molar-refractivity contribution in [1.29, 1.82) is 0 Å². The second-order valence-corrected chi connectivity index (χ2v) is 5.47. The molecule has 1 N–H and O–H groups in total. The van der Waals surface area contributed by atoms with Gasteiger partial charge >= 0.3 is 0 Å². The van der Waals surface area contributed by atoms with Crippen molar-refractivity contribution in [2.75, 3.05) is 26.2 Å². The summed E-state index contributed by atoms with van der Waals surface area (Å²) >= 11 is 0. The zero-order chi connectivity index (χ0) is 10.0. The number of nitrogens with zero attached hydrogens (tertiary/aromatic N) is 1. The Kier molecular flexibility index (Phi) is 3.13. The van der Waals surface area contributed by atoms with Crippen LogP contribution in [0.5, 0.6) is 0 Å². The highest BCUT2D eigenvalue weighted by molar-refractivity contribution is 4.94. The molecule has 1 aliphatic heterocycles. The summed E-state index contributed by atoms with van der Waals surface area (Å²) in [5.41, 5.74) is 0.389. The summed E-state index contributed by atoms with van der Waals surface area (Å²) in [6, 6.07) is 0. The van der Waals surface area contributed by atoms with Crippen molar-refractivity contribution in [3.05, 3.63) is 0 Å². The minimum atomic E-state index is 0.389. The first-order valence-corrected chi connectivity index (χ1v) is 6.16. The Hall–Kier alpha value is -0.0800. The lowest BCUT2D eigenvalue weighted by molar-refractivity contribution is 0.287. The van der Waals surface area contributed by atoms with Gasteiger partial charge in [0.05, 0.1) is 0 Å². The third kappa shape index (κ3) is 2.71. The van der Waals surface area contributed by atoms with Crippen LogP contribution in [0.2, 0.25) is 0 Å². The van der Waals surface area contributed by atoms with E-state index in [0.29, 0.717) is 5.54 Å². The van der Waals surface area contributed by atoms with Crippen LogP contribution in [0.25, 0.3) is 0 Å². The molecule has 2 nitrogen and oxygen atoms in total. The summed E-state index contributed by atoms with van der Waals surface area (Å²) in [4.78, 5) is 2.58. The summed E-state index contributed by atoms with van der Waals surface area (Å²) in [7, 11) is 0. The van der Waals surface area contributed by atoms with E-state index in [1.54, 1.807) is 0 Å². The van der Waals surface area contributed by atoms with Gasteiger partial charge in [-0.3, -0.25) is 0 Å². The average Bonchev–Trinajstić information content (AvgIpc) is 2.87. The topological polar surface area (TPSA) is 15.3 Å². The quantitative estimate of drug-likeness (QED) is 0.722. The van der Waals surface area contributed by atoms with Gasteiger partial charge in [-0.25, -0.2) is 0 Å². The summed E-state index contributed by atoms with van der Waals surface area (Å²) in [5.74, 6) is 0.945. The molecule has 2 aliphatic rings. The zero-order valence-electron chi connectivity index (χ0n) is 9.68. The van der Waals surface area contributed by atoms with Crippen LogP contribution in [0.4, 0.5) is 0 Å². The van der Waals surface area contributed by atoms with Crippen LogP contribution < -0.4 is 5.32 Å². The highest BCUT2D eigenvalue weighted by Gasteiger charge is 2.37. The lowest BCUT2D eigenvalue weighted by Crippen LogP contribution is -2.44. The molecule has 0 aromatic rings. The van der Waals surface area contributed by atoms with Crippen LogP contribution in [0.3, 0.4) is 0 Å². The Morgan fingerprint density at radius 1 is 1.21 bits per heavy atom. The van der Waals surface area contributed by atoms with Crippen LogP contribution in [-0.2, 0) is 0 Å². The fourth-order valence-corrected chi connectivity index (χ4v) is 2.49. The first kappa shape index (κ1) is 10.4. The van der Waals surface area contributed by atoms with Crippen molar-refractivity contribution in [2.24, 2.45) is 5.92 Å². The summed E-state index contributed by atoms with van der Waals surface area (Å²) in [5, 5.41) is 3.71. The van der Waals surface area contributed by atoms with E-state index in [9.17, 15) is 0 Å². The van der Waals surface area contributed by atoms with E-state index >= 15 is 0 Å². The van der Waals surface area contributed by atoms with Gasteiger partial charge in [-0.15, -0.1) is 0 Å². The molecular formula is C12H24N2. The molecule has 0 aromatic heterocycles. The molecule has 82 valence electrons. The highest BCUT2D eigenvalue weighted by Crippen LogP contribution is 2.38. The monoisotopic (exact) mass is 196 g/mol. The maximum Gasteiger partial charge on any atom is 0.0153 e.